The van der Waals surface area contributed by atoms with Crippen molar-refractivity contribution in [1.29, 1.82) is 0 Å². The maximum Gasteiger partial charge on any atom is 0.358 e. The number of carboxylic acids is 1. The van der Waals surface area contributed by atoms with Crippen molar-refractivity contribution in [2.45, 2.75) is 38.6 Å². The van der Waals surface area contributed by atoms with E-state index < -0.39 is 12.0 Å². The van der Waals surface area contributed by atoms with Gasteiger partial charge in [0.15, 0.2) is 5.69 Å². The van der Waals surface area contributed by atoms with Gasteiger partial charge in [0.2, 0.25) is 5.91 Å². The third kappa shape index (κ3) is 3.21. The minimum atomic E-state index is -1.15. The van der Waals surface area contributed by atoms with Gasteiger partial charge < -0.3 is 15.7 Å². The van der Waals surface area contributed by atoms with E-state index in [0.717, 1.165) is 32.4 Å². The topological polar surface area (TPSA) is 114 Å². The van der Waals surface area contributed by atoms with Crippen LogP contribution in [0.15, 0.2) is 0 Å². The minimum absolute atomic E-state index is 0.0465. The SMILES string of the molecule is CC(C(=O)N1CCCCC1)n1nnc(C(=O)O)c1CCN. The summed E-state index contributed by atoms with van der Waals surface area (Å²) >= 11 is 0. The molecule has 8 nitrogen and oxygen atoms in total. The molecule has 3 N–H and O–H groups in total. The van der Waals surface area contributed by atoms with Crippen LogP contribution >= 0.6 is 0 Å². The van der Waals surface area contributed by atoms with E-state index in [4.69, 9.17) is 10.8 Å². The number of carboxylic acid groups (broad SMARTS) is 1. The molecule has 1 aromatic heterocycles. The highest BCUT2D eigenvalue weighted by Crippen LogP contribution is 2.18. The summed E-state index contributed by atoms with van der Waals surface area (Å²) in [5.74, 6) is -1.20. The number of amides is 1. The monoisotopic (exact) mass is 295 g/mol. The molecule has 1 aromatic rings. The van der Waals surface area contributed by atoms with Crippen molar-refractivity contribution in [3.05, 3.63) is 11.4 Å². The first-order valence-corrected chi connectivity index (χ1v) is 7.22. The van der Waals surface area contributed by atoms with E-state index in [1.165, 1.54) is 4.68 Å². The highest BCUT2D eigenvalue weighted by molar-refractivity contribution is 5.87. The van der Waals surface area contributed by atoms with Gasteiger partial charge in [-0.2, -0.15) is 0 Å². The molecule has 0 spiro atoms. The summed E-state index contributed by atoms with van der Waals surface area (Å²) in [6.45, 7) is 3.49. The number of hydrogen-bond acceptors (Lipinski definition) is 5. The van der Waals surface area contributed by atoms with Crippen molar-refractivity contribution in [2.75, 3.05) is 19.6 Å². The van der Waals surface area contributed by atoms with Gasteiger partial charge in [-0.3, -0.25) is 4.79 Å². The smallest absolute Gasteiger partial charge is 0.358 e. The fraction of sp³-hybridized carbons (Fsp3) is 0.692. The molecule has 0 aromatic carbocycles. The molecule has 1 fully saturated rings. The molecule has 116 valence electrons. The summed E-state index contributed by atoms with van der Waals surface area (Å²) in [7, 11) is 0. The molecular weight excluding hydrogens is 274 g/mol. The Balaban J connectivity index is 2.23. The summed E-state index contributed by atoms with van der Waals surface area (Å²) in [5, 5.41) is 16.6. The minimum Gasteiger partial charge on any atom is -0.476 e. The zero-order chi connectivity index (χ0) is 15.4. The molecule has 1 aliphatic heterocycles. The molecule has 1 amide bonds. The van der Waals surface area contributed by atoms with E-state index in [9.17, 15) is 9.59 Å². The van der Waals surface area contributed by atoms with Gasteiger partial charge >= 0.3 is 5.97 Å². The summed E-state index contributed by atoms with van der Waals surface area (Å²) in [4.78, 5) is 25.5. The third-order valence-corrected chi connectivity index (χ3v) is 3.77. The van der Waals surface area contributed by atoms with Crippen LogP contribution in [-0.2, 0) is 11.2 Å². The summed E-state index contributed by atoms with van der Waals surface area (Å²) < 4.78 is 1.40. The quantitative estimate of drug-likeness (QED) is 0.793. The number of rotatable bonds is 5. The first kappa shape index (κ1) is 15.4. The second-order valence-electron chi connectivity index (χ2n) is 5.24. The molecular formula is C13H21N5O3. The van der Waals surface area contributed by atoms with Crippen LogP contribution in [0.5, 0.6) is 0 Å². The van der Waals surface area contributed by atoms with Crippen molar-refractivity contribution < 1.29 is 14.7 Å². The number of aromatic nitrogens is 3. The molecule has 0 aliphatic carbocycles. The number of aromatic carboxylic acids is 1. The highest BCUT2D eigenvalue weighted by atomic mass is 16.4. The summed E-state index contributed by atoms with van der Waals surface area (Å²) in [5.41, 5.74) is 5.80. The number of hydrogen-bond donors (Lipinski definition) is 2. The van der Waals surface area contributed by atoms with Crippen LogP contribution in [0.1, 0.15) is 48.4 Å². The van der Waals surface area contributed by atoms with E-state index in [2.05, 4.69) is 10.3 Å². The first-order chi connectivity index (χ1) is 10.1. The van der Waals surface area contributed by atoms with E-state index in [1.54, 1.807) is 6.92 Å². The third-order valence-electron chi connectivity index (χ3n) is 3.77. The van der Waals surface area contributed by atoms with Gasteiger partial charge in [0.25, 0.3) is 0 Å². The Hall–Kier alpha value is -1.96. The Morgan fingerprint density at radius 2 is 2.00 bits per heavy atom. The summed E-state index contributed by atoms with van der Waals surface area (Å²) in [6, 6.07) is -0.565. The second kappa shape index (κ2) is 6.66. The van der Waals surface area contributed by atoms with Crippen LogP contribution in [0.2, 0.25) is 0 Å². The average Bonchev–Trinajstić information content (AvgIpc) is 2.91. The molecule has 1 saturated heterocycles. The predicted octanol–water partition coefficient (Wildman–Crippen LogP) is 0.0510. The van der Waals surface area contributed by atoms with Crippen molar-refractivity contribution in [2.24, 2.45) is 5.73 Å². The fourth-order valence-corrected chi connectivity index (χ4v) is 2.64. The molecule has 0 bridgehead atoms. The number of nitrogens with two attached hydrogens (primary N) is 1. The zero-order valence-electron chi connectivity index (χ0n) is 12.2. The van der Waals surface area contributed by atoms with Gasteiger partial charge in [0, 0.05) is 19.5 Å². The van der Waals surface area contributed by atoms with Gasteiger partial charge in [0.05, 0.1) is 5.69 Å². The lowest BCUT2D eigenvalue weighted by Crippen LogP contribution is -2.40. The fourth-order valence-electron chi connectivity index (χ4n) is 2.64. The maximum absolute atomic E-state index is 12.5. The standard InChI is InChI=1S/C13H21N5O3/c1-9(12(19)17-7-3-2-4-8-17)18-10(5-6-14)11(13(20)21)15-16-18/h9H,2-8,14H2,1H3,(H,20,21). The Kier molecular flexibility index (Phi) is 4.89. The summed E-state index contributed by atoms with van der Waals surface area (Å²) in [6.07, 6.45) is 3.48. The zero-order valence-corrected chi connectivity index (χ0v) is 12.2. The highest BCUT2D eigenvalue weighted by Gasteiger charge is 2.28. The van der Waals surface area contributed by atoms with E-state index >= 15 is 0 Å². The van der Waals surface area contributed by atoms with Crippen LogP contribution in [0, 0.1) is 0 Å². The van der Waals surface area contributed by atoms with Crippen LogP contribution in [-0.4, -0.2) is 56.5 Å². The molecule has 2 heterocycles. The Bertz CT molecular complexity index is 522. The van der Waals surface area contributed by atoms with Crippen molar-refractivity contribution in [3.63, 3.8) is 0 Å². The number of carbonyl (C=O) groups excluding carboxylic acids is 1. The Morgan fingerprint density at radius 3 is 2.57 bits per heavy atom. The average molecular weight is 295 g/mol. The van der Waals surface area contributed by atoms with Crippen LogP contribution < -0.4 is 5.73 Å². The van der Waals surface area contributed by atoms with Crippen molar-refractivity contribution >= 4 is 11.9 Å². The number of likely N-dealkylation sites (tertiary alicyclic amines) is 1. The van der Waals surface area contributed by atoms with E-state index in [-0.39, 0.29) is 18.1 Å². The number of carbonyl (C=O) groups is 2. The Labute approximate surface area is 122 Å². The van der Waals surface area contributed by atoms with E-state index in [1.807, 2.05) is 4.90 Å². The molecule has 8 heteroatoms. The van der Waals surface area contributed by atoms with Gasteiger partial charge in [0.1, 0.15) is 6.04 Å². The maximum atomic E-state index is 12.5. The lowest BCUT2D eigenvalue weighted by atomic mass is 10.1. The first-order valence-electron chi connectivity index (χ1n) is 7.22. The molecule has 1 atom stereocenters. The van der Waals surface area contributed by atoms with Crippen molar-refractivity contribution in [1.82, 2.24) is 19.9 Å². The second-order valence-corrected chi connectivity index (χ2v) is 5.24. The molecule has 1 aliphatic rings. The number of nitrogens with zero attached hydrogens (tertiary/aromatic N) is 4. The molecule has 2 rings (SSSR count). The normalized spacial score (nSPS) is 16.8. The van der Waals surface area contributed by atoms with E-state index in [0.29, 0.717) is 12.1 Å². The van der Waals surface area contributed by atoms with Crippen molar-refractivity contribution in [3.8, 4) is 0 Å². The van der Waals surface area contributed by atoms with Gasteiger partial charge in [-0.05, 0) is 32.7 Å². The predicted molar refractivity (Wildman–Crippen MR) is 74.9 cm³/mol. The number of piperidine rings is 1. The van der Waals surface area contributed by atoms with Crippen LogP contribution in [0.4, 0.5) is 0 Å². The van der Waals surface area contributed by atoms with Crippen LogP contribution in [0.3, 0.4) is 0 Å². The molecule has 0 radical (unpaired) electrons. The van der Waals surface area contributed by atoms with Gasteiger partial charge in [-0.15, -0.1) is 5.10 Å². The Morgan fingerprint density at radius 1 is 1.33 bits per heavy atom. The van der Waals surface area contributed by atoms with Crippen LogP contribution in [0.25, 0.3) is 0 Å². The van der Waals surface area contributed by atoms with Gasteiger partial charge in [-0.1, -0.05) is 5.21 Å². The molecule has 21 heavy (non-hydrogen) atoms. The molecule has 0 saturated carbocycles. The van der Waals surface area contributed by atoms with Gasteiger partial charge in [-0.25, -0.2) is 9.48 Å². The lowest BCUT2D eigenvalue weighted by Gasteiger charge is -2.29. The molecule has 1 unspecified atom stereocenters. The lowest BCUT2D eigenvalue weighted by molar-refractivity contribution is -0.135. The largest absolute Gasteiger partial charge is 0.476 e.